The van der Waals surface area contributed by atoms with Crippen LogP contribution in [0.15, 0.2) is 47.4 Å². The number of halogens is 1. The van der Waals surface area contributed by atoms with Crippen LogP contribution in [0.5, 0.6) is 11.5 Å². The van der Waals surface area contributed by atoms with Crippen molar-refractivity contribution in [2.45, 2.75) is 133 Å². The smallest absolute Gasteiger partial charge is 0.124 e. The van der Waals surface area contributed by atoms with Crippen molar-refractivity contribution in [2.75, 3.05) is 13.2 Å². The second-order valence-corrected chi connectivity index (χ2v) is 12.4. The molecular formula is C34H53ClO3S. The predicted molar refractivity (Wildman–Crippen MR) is 169 cm³/mol. The molecule has 220 valence electrons. The molecular weight excluding hydrogens is 524 g/mol. The maximum atomic E-state index is 13.2. The van der Waals surface area contributed by atoms with Gasteiger partial charge in [-0.25, -0.2) is 0 Å². The maximum Gasteiger partial charge on any atom is 0.124 e. The minimum absolute atomic E-state index is 0.364. The van der Waals surface area contributed by atoms with E-state index in [4.69, 9.17) is 21.1 Å². The van der Waals surface area contributed by atoms with Gasteiger partial charge in [-0.15, -0.1) is 11.6 Å². The van der Waals surface area contributed by atoms with Crippen molar-refractivity contribution in [1.82, 2.24) is 0 Å². The summed E-state index contributed by atoms with van der Waals surface area (Å²) in [6.07, 6.45) is 20.2. The normalized spacial score (nSPS) is 12.0. The molecule has 0 heterocycles. The fourth-order valence-corrected chi connectivity index (χ4v) is 6.11. The SMILES string of the molecule is CCCCCCCCCCOc1cc(CS(=O)c2ccccc2)c(OCCCCCCCCCC)cc1CCl. The van der Waals surface area contributed by atoms with Crippen LogP contribution < -0.4 is 9.47 Å². The van der Waals surface area contributed by atoms with E-state index >= 15 is 0 Å². The lowest BCUT2D eigenvalue weighted by Crippen LogP contribution is -2.06. The fourth-order valence-electron chi connectivity index (χ4n) is 4.76. The Labute approximate surface area is 246 Å². The van der Waals surface area contributed by atoms with Crippen LogP contribution in [0.4, 0.5) is 0 Å². The van der Waals surface area contributed by atoms with Crippen molar-refractivity contribution in [1.29, 1.82) is 0 Å². The zero-order chi connectivity index (χ0) is 28.0. The summed E-state index contributed by atoms with van der Waals surface area (Å²) in [5.74, 6) is 2.35. The average molecular weight is 577 g/mol. The zero-order valence-electron chi connectivity index (χ0n) is 24.7. The predicted octanol–water partition coefficient (Wildman–Crippen LogP) is 10.8. The highest BCUT2D eigenvalue weighted by Gasteiger charge is 2.15. The molecule has 0 amide bonds. The third-order valence-corrected chi connectivity index (χ3v) is 8.85. The van der Waals surface area contributed by atoms with E-state index in [1.807, 2.05) is 42.5 Å². The Kier molecular flexibility index (Phi) is 19.2. The number of unbranched alkanes of at least 4 members (excludes halogenated alkanes) is 14. The van der Waals surface area contributed by atoms with Gasteiger partial charge in [0.15, 0.2) is 0 Å². The van der Waals surface area contributed by atoms with Crippen LogP contribution in [0, 0.1) is 0 Å². The lowest BCUT2D eigenvalue weighted by molar-refractivity contribution is 0.292. The highest BCUT2D eigenvalue weighted by molar-refractivity contribution is 7.84. The first-order valence-electron chi connectivity index (χ1n) is 15.6. The topological polar surface area (TPSA) is 35.5 Å². The van der Waals surface area contributed by atoms with Gasteiger partial charge in [0.1, 0.15) is 11.5 Å². The van der Waals surface area contributed by atoms with Gasteiger partial charge in [0.25, 0.3) is 0 Å². The summed E-state index contributed by atoms with van der Waals surface area (Å²) in [6.45, 7) is 5.86. The zero-order valence-corrected chi connectivity index (χ0v) is 26.3. The molecule has 39 heavy (non-hydrogen) atoms. The number of hydrogen-bond donors (Lipinski definition) is 0. The van der Waals surface area contributed by atoms with Crippen LogP contribution in [0.1, 0.15) is 128 Å². The maximum absolute atomic E-state index is 13.2. The lowest BCUT2D eigenvalue weighted by Gasteiger charge is -2.17. The average Bonchev–Trinajstić information content (AvgIpc) is 2.96. The van der Waals surface area contributed by atoms with Crippen LogP contribution in [0.3, 0.4) is 0 Å². The molecule has 0 spiro atoms. The van der Waals surface area contributed by atoms with E-state index in [0.29, 0.717) is 24.8 Å². The Balaban J connectivity index is 1.95. The highest BCUT2D eigenvalue weighted by atomic mass is 35.5. The molecule has 0 fully saturated rings. The molecule has 2 rings (SSSR count). The number of hydrogen-bond acceptors (Lipinski definition) is 3. The third-order valence-electron chi connectivity index (χ3n) is 7.19. The summed E-state index contributed by atoms with van der Waals surface area (Å²) in [5, 5.41) is 0. The van der Waals surface area contributed by atoms with E-state index < -0.39 is 10.8 Å². The van der Waals surface area contributed by atoms with Crippen molar-refractivity contribution in [3.63, 3.8) is 0 Å². The van der Waals surface area contributed by atoms with E-state index in [2.05, 4.69) is 13.8 Å². The van der Waals surface area contributed by atoms with Gasteiger partial charge in [-0.1, -0.05) is 122 Å². The Bertz CT molecular complexity index is 903. The lowest BCUT2D eigenvalue weighted by atomic mass is 10.1. The molecule has 0 aromatic heterocycles. The molecule has 1 atom stereocenters. The van der Waals surface area contributed by atoms with Gasteiger partial charge in [-0.05, 0) is 37.1 Å². The molecule has 0 saturated carbocycles. The van der Waals surface area contributed by atoms with Gasteiger partial charge < -0.3 is 9.47 Å². The van der Waals surface area contributed by atoms with E-state index in [0.717, 1.165) is 40.4 Å². The molecule has 0 radical (unpaired) electrons. The monoisotopic (exact) mass is 576 g/mol. The van der Waals surface area contributed by atoms with Crippen LogP contribution in [-0.2, 0) is 22.4 Å². The number of ether oxygens (including phenoxy) is 2. The van der Waals surface area contributed by atoms with Crippen molar-refractivity contribution in [3.05, 3.63) is 53.6 Å². The van der Waals surface area contributed by atoms with Gasteiger partial charge >= 0.3 is 0 Å². The molecule has 0 bridgehead atoms. The van der Waals surface area contributed by atoms with Crippen molar-refractivity contribution < 1.29 is 13.7 Å². The fraction of sp³-hybridized carbons (Fsp3) is 0.647. The van der Waals surface area contributed by atoms with Crippen LogP contribution in [0.25, 0.3) is 0 Å². The van der Waals surface area contributed by atoms with Gasteiger partial charge in [-0.3, -0.25) is 4.21 Å². The second kappa shape index (κ2) is 22.2. The van der Waals surface area contributed by atoms with Crippen LogP contribution in [0.2, 0.25) is 0 Å². The quantitative estimate of drug-likeness (QED) is 0.0920. The largest absolute Gasteiger partial charge is 0.493 e. The minimum Gasteiger partial charge on any atom is -0.493 e. The molecule has 2 aromatic rings. The highest BCUT2D eigenvalue weighted by Crippen LogP contribution is 2.32. The first-order chi connectivity index (χ1) is 19.2. The Morgan fingerprint density at radius 1 is 0.615 bits per heavy atom. The van der Waals surface area contributed by atoms with E-state index in [1.165, 1.54) is 89.9 Å². The summed E-state index contributed by atoms with van der Waals surface area (Å²) < 4.78 is 25.7. The van der Waals surface area contributed by atoms with E-state index in [-0.39, 0.29) is 0 Å². The van der Waals surface area contributed by atoms with Gasteiger partial charge in [0.2, 0.25) is 0 Å². The molecule has 0 aliphatic heterocycles. The molecule has 0 N–H and O–H groups in total. The summed E-state index contributed by atoms with van der Waals surface area (Å²) >= 11 is 6.34. The summed E-state index contributed by atoms with van der Waals surface area (Å²) in [5.41, 5.74) is 1.87. The molecule has 0 aliphatic carbocycles. The summed E-state index contributed by atoms with van der Waals surface area (Å²) in [7, 11) is -1.16. The third kappa shape index (κ3) is 14.6. The van der Waals surface area contributed by atoms with Crippen LogP contribution in [-0.4, -0.2) is 17.4 Å². The Morgan fingerprint density at radius 3 is 1.54 bits per heavy atom. The van der Waals surface area contributed by atoms with Gasteiger partial charge in [0, 0.05) is 16.0 Å². The molecule has 5 heteroatoms. The van der Waals surface area contributed by atoms with Crippen molar-refractivity contribution >= 4 is 22.4 Å². The Hall–Kier alpha value is -1.52. The van der Waals surface area contributed by atoms with Crippen molar-refractivity contribution in [2.24, 2.45) is 0 Å². The summed E-state index contributed by atoms with van der Waals surface area (Å²) in [4.78, 5) is 0.828. The summed E-state index contributed by atoms with van der Waals surface area (Å²) in [6, 6.07) is 13.7. The molecule has 0 saturated heterocycles. The molecule has 0 aliphatic rings. The first kappa shape index (κ1) is 33.7. The number of benzene rings is 2. The molecule has 2 aromatic carbocycles. The van der Waals surface area contributed by atoms with E-state index in [1.54, 1.807) is 0 Å². The molecule has 1 unspecified atom stereocenters. The second-order valence-electron chi connectivity index (χ2n) is 10.7. The first-order valence-corrected chi connectivity index (χ1v) is 17.5. The van der Waals surface area contributed by atoms with Crippen molar-refractivity contribution in [3.8, 4) is 11.5 Å². The standard InChI is InChI=1S/C34H53ClO3S/c1-3-5-7-9-11-13-15-20-24-37-33-27-31(29-39(36)32-22-18-17-19-23-32)34(26-30(33)28-35)38-25-21-16-14-12-10-8-6-4-2/h17-19,22-23,26-27H,3-16,20-21,24-25,28-29H2,1-2H3. The van der Waals surface area contributed by atoms with Crippen LogP contribution >= 0.6 is 11.6 Å². The number of rotatable bonds is 24. The van der Waals surface area contributed by atoms with Gasteiger partial charge in [-0.2, -0.15) is 0 Å². The van der Waals surface area contributed by atoms with Gasteiger partial charge in [0.05, 0.1) is 35.6 Å². The molecule has 3 nitrogen and oxygen atoms in total. The minimum atomic E-state index is -1.16. The van der Waals surface area contributed by atoms with E-state index in [9.17, 15) is 4.21 Å². The number of alkyl halides is 1. The Morgan fingerprint density at radius 2 is 1.05 bits per heavy atom.